The van der Waals surface area contributed by atoms with Crippen LogP contribution in [0, 0.1) is 0 Å². The Labute approximate surface area is 143 Å². The number of benzene rings is 1. The fraction of sp³-hybridized carbons (Fsp3) is 0.316. The van der Waals surface area contributed by atoms with Crippen molar-refractivity contribution in [1.29, 1.82) is 0 Å². The molecule has 128 valence electrons. The first-order chi connectivity index (χ1) is 11.7. The third-order valence-corrected chi connectivity index (χ3v) is 3.16. The van der Waals surface area contributed by atoms with Crippen molar-refractivity contribution in [3.05, 3.63) is 66.6 Å². The van der Waals surface area contributed by atoms with Crippen molar-refractivity contribution in [1.82, 2.24) is 10.6 Å². The van der Waals surface area contributed by atoms with E-state index in [0.717, 1.165) is 36.0 Å². The number of aliphatic imine (C=N–C) groups is 1. The summed E-state index contributed by atoms with van der Waals surface area (Å²) in [6.45, 7) is 8.41. The Kier molecular flexibility index (Phi) is 7.47. The number of nitrogens with one attached hydrogen (secondary N) is 2. The SMILES string of the molecule is C=C(C)CN=C(NCCOc1ccccc1)NCCc1ccco1. The van der Waals surface area contributed by atoms with E-state index in [1.54, 1.807) is 6.26 Å². The minimum Gasteiger partial charge on any atom is -0.492 e. The molecule has 0 aliphatic carbocycles. The summed E-state index contributed by atoms with van der Waals surface area (Å²) in [4.78, 5) is 4.50. The number of hydrogen-bond acceptors (Lipinski definition) is 3. The molecule has 2 aromatic rings. The van der Waals surface area contributed by atoms with Crippen molar-refractivity contribution in [2.24, 2.45) is 4.99 Å². The molecular formula is C19H25N3O2. The molecule has 0 amide bonds. The molecule has 0 aliphatic rings. The van der Waals surface area contributed by atoms with Gasteiger partial charge in [-0.05, 0) is 31.2 Å². The molecule has 1 heterocycles. The number of ether oxygens (including phenoxy) is 1. The molecule has 0 aliphatic heterocycles. The van der Waals surface area contributed by atoms with Crippen LogP contribution in [0.3, 0.4) is 0 Å². The maximum atomic E-state index is 5.67. The summed E-state index contributed by atoms with van der Waals surface area (Å²) in [5.74, 6) is 2.57. The quantitative estimate of drug-likeness (QED) is 0.322. The Morgan fingerprint density at radius 2 is 1.92 bits per heavy atom. The molecular weight excluding hydrogens is 302 g/mol. The Morgan fingerprint density at radius 3 is 2.62 bits per heavy atom. The maximum Gasteiger partial charge on any atom is 0.191 e. The lowest BCUT2D eigenvalue weighted by atomic mass is 10.3. The zero-order valence-corrected chi connectivity index (χ0v) is 14.1. The Balaban J connectivity index is 1.73. The van der Waals surface area contributed by atoms with Gasteiger partial charge in [0, 0.05) is 13.0 Å². The van der Waals surface area contributed by atoms with E-state index in [2.05, 4.69) is 22.2 Å². The summed E-state index contributed by atoms with van der Waals surface area (Å²) in [6.07, 6.45) is 2.49. The molecule has 1 aromatic carbocycles. The van der Waals surface area contributed by atoms with Crippen LogP contribution < -0.4 is 15.4 Å². The first-order valence-corrected chi connectivity index (χ1v) is 8.11. The van der Waals surface area contributed by atoms with Crippen molar-refractivity contribution >= 4 is 5.96 Å². The molecule has 5 heteroatoms. The van der Waals surface area contributed by atoms with Gasteiger partial charge >= 0.3 is 0 Å². The van der Waals surface area contributed by atoms with Crippen LogP contribution in [0.4, 0.5) is 0 Å². The molecule has 1 aromatic heterocycles. The van der Waals surface area contributed by atoms with Crippen LogP contribution >= 0.6 is 0 Å². The highest BCUT2D eigenvalue weighted by molar-refractivity contribution is 5.79. The fourth-order valence-electron chi connectivity index (χ4n) is 2.00. The average Bonchev–Trinajstić information content (AvgIpc) is 3.10. The molecule has 2 rings (SSSR count). The number of para-hydroxylation sites is 1. The third-order valence-electron chi connectivity index (χ3n) is 3.16. The van der Waals surface area contributed by atoms with Crippen LogP contribution in [0.2, 0.25) is 0 Å². The van der Waals surface area contributed by atoms with Crippen LogP contribution in [0.15, 0.2) is 70.3 Å². The maximum absolute atomic E-state index is 5.67. The van der Waals surface area contributed by atoms with Crippen molar-refractivity contribution < 1.29 is 9.15 Å². The lowest BCUT2D eigenvalue weighted by Gasteiger charge is -2.13. The minimum atomic E-state index is 0.565. The predicted octanol–water partition coefficient (Wildman–Crippen LogP) is 3.01. The average molecular weight is 327 g/mol. The second kappa shape index (κ2) is 10.2. The normalized spacial score (nSPS) is 11.1. The molecule has 0 bridgehead atoms. The molecule has 0 fully saturated rings. The fourth-order valence-corrected chi connectivity index (χ4v) is 2.00. The van der Waals surface area contributed by atoms with Gasteiger partial charge in [-0.15, -0.1) is 0 Å². The van der Waals surface area contributed by atoms with Gasteiger partial charge < -0.3 is 19.8 Å². The molecule has 2 N–H and O–H groups in total. The minimum absolute atomic E-state index is 0.565. The summed E-state index contributed by atoms with van der Waals surface area (Å²) in [7, 11) is 0. The van der Waals surface area contributed by atoms with E-state index in [9.17, 15) is 0 Å². The van der Waals surface area contributed by atoms with Gasteiger partial charge in [0.2, 0.25) is 0 Å². The van der Waals surface area contributed by atoms with E-state index in [1.807, 2.05) is 49.4 Å². The van der Waals surface area contributed by atoms with Crippen LogP contribution in [0.25, 0.3) is 0 Å². The number of nitrogens with zero attached hydrogens (tertiary/aromatic N) is 1. The van der Waals surface area contributed by atoms with Crippen LogP contribution in [0.5, 0.6) is 5.75 Å². The van der Waals surface area contributed by atoms with Gasteiger partial charge in [-0.25, -0.2) is 4.99 Å². The summed E-state index contributed by atoms with van der Waals surface area (Å²) < 4.78 is 11.0. The standard InChI is InChI=1S/C19H25N3O2/c1-16(2)15-22-19(20-11-10-18-9-6-13-23-18)21-12-14-24-17-7-4-3-5-8-17/h3-9,13H,1,10-12,14-15H2,2H3,(H2,20,21,22). The Hall–Kier alpha value is -2.69. The van der Waals surface area contributed by atoms with E-state index in [0.29, 0.717) is 19.7 Å². The number of guanidine groups is 1. The highest BCUT2D eigenvalue weighted by Gasteiger charge is 2.01. The van der Waals surface area contributed by atoms with Gasteiger partial charge in [0.25, 0.3) is 0 Å². The van der Waals surface area contributed by atoms with Gasteiger partial charge in [-0.2, -0.15) is 0 Å². The van der Waals surface area contributed by atoms with E-state index in [4.69, 9.17) is 9.15 Å². The van der Waals surface area contributed by atoms with E-state index in [1.165, 1.54) is 0 Å². The second-order valence-corrected chi connectivity index (χ2v) is 5.47. The van der Waals surface area contributed by atoms with Crippen molar-refractivity contribution in [3.63, 3.8) is 0 Å². The lowest BCUT2D eigenvalue weighted by Crippen LogP contribution is -2.40. The van der Waals surface area contributed by atoms with Crippen LogP contribution in [-0.2, 0) is 6.42 Å². The van der Waals surface area contributed by atoms with Crippen LogP contribution in [-0.4, -0.2) is 32.2 Å². The zero-order valence-electron chi connectivity index (χ0n) is 14.1. The predicted molar refractivity (Wildman–Crippen MR) is 97.5 cm³/mol. The topological polar surface area (TPSA) is 58.8 Å². The molecule has 0 saturated heterocycles. The van der Waals surface area contributed by atoms with Gasteiger partial charge in [0.15, 0.2) is 5.96 Å². The van der Waals surface area contributed by atoms with Crippen molar-refractivity contribution in [3.8, 4) is 5.75 Å². The summed E-state index contributed by atoms with van der Waals surface area (Å²) >= 11 is 0. The van der Waals surface area contributed by atoms with Gasteiger partial charge in [0.1, 0.15) is 18.1 Å². The van der Waals surface area contributed by atoms with Crippen LogP contribution in [0.1, 0.15) is 12.7 Å². The van der Waals surface area contributed by atoms with E-state index < -0.39 is 0 Å². The first kappa shape index (κ1) is 17.7. The second-order valence-electron chi connectivity index (χ2n) is 5.47. The number of hydrogen-bond donors (Lipinski definition) is 2. The molecule has 0 radical (unpaired) electrons. The first-order valence-electron chi connectivity index (χ1n) is 8.11. The third kappa shape index (κ3) is 7.05. The largest absolute Gasteiger partial charge is 0.492 e. The molecule has 0 saturated carbocycles. The van der Waals surface area contributed by atoms with Crippen molar-refractivity contribution in [2.45, 2.75) is 13.3 Å². The Morgan fingerprint density at radius 1 is 1.12 bits per heavy atom. The smallest absolute Gasteiger partial charge is 0.191 e. The summed E-state index contributed by atoms with van der Waals surface area (Å²) in [5.41, 5.74) is 1.02. The molecule has 0 unspecified atom stereocenters. The van der Waals surface area contributed by atoms with E-state index in [-0.39, 0.29) is 0 Å². The van der Waals surface area contributed by atoms with E-state index >= 15 is 0 Å². The zero-order chi connectivity index (χ0) is 17.0. The Bertz CT molecular complexity index is 621. The van der Waals surface area contributed by atoms with Gasteiger partial charge in [0.05, 0.1) is 19.4 Å². The number of furan rings is 1. The number of rotatable bonds is 9. The van der Waals surface area contributed by atoms with Gasteiger partial charge in [-0.3, -0.25) is 0 Å². The molecule has 0 atom stereocenters. The molecule has 0 spiro atoms. The van der Waals surface area contributed by atoms with Gasteiger partial charge in [-0.1, -0.05) is 30.4 Å². The summed E-state index contributed by atoms with van der Waals surface area (Å²) in [5, 5.41) is 6.56. The lowest BCUT2D eigenvalue weighted by molar-refractivity contribution is 0.322. The highest BCUT2D eigenvalue weighted by Crippen LogP contribution is 2.07. The highest BCUT2D eigenvalue weighted by atomic mass is 16.5. The molecule has 24 heavy (non-hydrogen) atoms. The molecule has 5 nitrogen and oxygen atoms in total. The monoisotopic (exact) mass is 327 g/mol. The summed E-state index contributed by atoms with van der Waals surface area (Å²) in [6, 6.07) is 13.6. The van der Waals surface area contributed by atoms with Crippen molar-refractivity contribution in [2.75, 3.05) is 26.2 Å².